The number of nitrogens with one attached hydrogen (secondary N) is 1. The van der Waals surface area contributed by atoms with E-state index in [1.165, 1.54) is 5.56 Å². The average Bonchev–Trinajstić information content (AvgIpc) is 3.25. The highest BCUT2D eigenvalue weighted by Crippen LogP contribution is 2.43. The Morgan fingerprint density at radius 2 is 1.64 bits per heavy atom. The average molecular weight is 438 g/mol. The molecular formula is C28H27N3O2. The van der Waals surface area contributed by atoms with Crippen LogP contribution in [-0.2, 0) is 18.3 Å². The highest BCUT2D eigenvalue weighted by molar-refractivity contribution is 6.02. The van der Waals surface area contributed by atoms with Gasteiger partial charge in [-0.3, -0.25) is 9.59 Å². The van der Waals surface area contributed by atoms with Crippen LogP contribution in [0.3, 0.4) is 0 Å². The first-order valence-corrected chi connectivity index (χ1v) is 11.3. The molecule has 0 saturated heterocycles. The molecule has 1 aromatic heterocycles. The lowest BCUT2D eigenvalue weighted by Crippen LogP contribution is -2.40. The lowest BCUT2D eigenvalue weighted by molar-refractivity contribution is -0.122. The fourth-order valence-corrected chi connectivity index (χ4v) is 4.94. The van der Waals surface area contributed by atoms with E-state index < -0.39 is 0 Å². The van der Waals surface area contributed by atoms with Crippen LogP contribution < -0.4 is 5.32 Å². The van der Waals surface area contributed by atoms with Gasteiger partial charge in [0.05, 0.1) is 6.04 Å². The van der Waals surface area contributed by atoms with Gasteiger partial charge < -0.3 is 14.8 Å². The van der Waals surface area contributed by atoms with Crippen LogP contribution in [0.5, 0.6) is 0 Å². The second-order valence-corrected chi connectivity index (χ2v) is 8.58. The zero-order valence-electron chi connectivity index (χ0n) is 18.9. The largest absolute Gasteiger partial charge is 0.354 e. The number of rotatable bonds is 6. The molecule has 1 atom stereocenters. The summed E-state index contributed by atoms with van der Waals surface area (Å²) in [6, 6.07) is 25.7. The Hall–Kier alpha value is -3.86. The Labute approximate surface area is 193 Å². The summed E-state index contributed by atoms with van der Waals surface area (Å²) in [4.78, 5) is 28.0. The first-order chi connectivity index (χ1) is 16.1. The van der Waals surface area contributed by atoms with E-state index in [2.05, 4.69) is 28.9 Å². The maximum absolute atomic E-state index is 13.4. The molecule has 4 aromatic rings. The lowest BCUT2D eigenvalue weighted by Gasteiger charge is -2.26. The summed E-state index contributed by atoms with van der Waals surface area (Å²) >= 11 is 0. The third kappa shape index (κ3) is 3.69. The Morgan fingerprint density at radius 3 is 2.45 bits per heavy atom. The SMILES string of the molecule is Cc1c([C@@H]2c3ccccc3C(=O)N2CC(=O)NCCc2ccccc2)c2ccccc2n1C. The van der Waals surface area contributed by atoms with E-state index in [-0.39, 0.29) is 24.4 Å². The van der Waals surface area contributed by atoms with Crippen molar-refractivity contribution < 1.29 is 9.59 Å². The Morgan fingerprint density at radius 1 is 0.939 bits per heavy atom. The van der Waals surface area contributed by atoms with E-state index in [1.807, 2.05) is 73.8 Å². The van der Waals surface area contributed by atoms with Crippen LogP contribution in [0.15, 0.2) is 78.9 Å². The van der Waals surface area contributed by atoms with Crippen LogP contribution in [-0.4, -0.2) is 34.4 Å². The van der Waals surface area contributed by atoms with E-state index >= 15 is 0 Å². The standard InChI is InChI=1S/C28H27N3O2/c1-19-26(23-14-8-9-15-24(23)30(19)2)27-21-12-6-7-13-22(21)28(33)31(27)18-25(32)29-17-16-20-10-4-3-5-11-20/h3-15,27H,16-18H2,1-2H3,(H,29,32)/t27-/m0/s1. The van der Waals surface area contributed by atoms with E-state index in [4.69, 9.17) is 0 Å². The Balaban J connectivity index is 1.45. The van der Waals surface area contributed by atoms with Crippen molar-refractivity contribution in [1.29, 1.82) is 0 Å². The zero-order valence-corrected chi connectivity index (χ0v) is 18.9. The summed E-state index contributed by atoms with van der Waals surface area (Å²) in [6.45, 7) is 2.64. The lowest BCUT2D eigenvalue weighted by atomic mass is 9.95. The number of hydrogen-bond donors (Lipinski definition) is 1. The van der Waals surface area contributed by atoms with Gasteiger partial charge in [0.15, 0.2) is 0 Å². The summed E-state index contributed by atoms with van der Waals surface area (Å²) in [7, 11) is 2.05. The number of hydrogen-bond acceptors (Lipinski definition) is 2. The summed E-state index contributed by atoms with van der Waals surface area (Å²) in [6.07, 6.45) is 0.757. The molecule has 5 nitrogen and oxygen atoms in total. The number of para-hydroxylation sites is 1. The van der Waals surface area contributed by atoms with Gasteiger partial charge in [0.2, 0.25) is 5.91 Å². The van der Waals surface area contributed by atoms with Crippen LogP contribution in [0.2, 0.25) is 0 Å². The third-order valence-electron chi connectivity index (χ3n) is 6.67. The van der Waals surface area contributed by atoms with Crippen molar-refractivity contribution >= 4 is 22.7 Å². The van der Waals surface area contributed by atoms with Gasteiger partial charge in [-0.2, -0.15) is 0 Å². The number of nitrogens with zero attached hydrogens (tertiary/aromatic N) is 2. The zero-order chi connectivity index (χ0) is 22.9. The molecule has 3 aromatic carbocycles. The molecule has 0 spiro atoms. The molecule has 5 rings (SSSR count). The number of aromatic nitrogens is 1. The number of carbonyl (C=O) groups excluding carboxylic acids is 2. The summed E-state index contributed by atoms with van der Waals surface area (Å²) in [5.74, 6) is -0.240. The predicted molar refractivity (Wildman–Crippen MR) is 130 cm³/mol. The molecule has 0 radical (unpaired) electrons. The van der Waals surface area contributed by atoms with Crippen molar-refractivity contribution in [2.75, 3.05) is 13.1 Å². The van der Waals surface area contributed by atoms with E-state index in [0.29, 0.717) is 12.1 Å². The van der Waals surface area contributed by atoms with Gasteiger partial charge in [-0.25, -0.2) is 0 Å². The minimum Gasteiger partial charge on any atom is -0.354 e. The molecule has 2 heterocycles. The van der Waals surface area contributed by atoms with Crippen LogP contribution in [0.25, 0.3) is 10.9 Å². The molecular weight excluding hydrogens is 410 g/mol. The first-order valence-electron chi connectivity index (χ1n) is 11.3. The molecule has 1 aliphatic rings. The van der Waals surface area contributed by atoms with Crippen LogP contribution in [0.4, 0.5) is 0 Å². The topological polar surface area (TPSA) is 54.3 Å². The molecule has 1 N–H and O–H groups in total. The van der Waals surface area contributed by atoms with Gasteiger partial charge in [-0.1, -0.05) is 66.7 Å². The van der Waals surface area contributed by atoms with Crippen molar-refractivity contribution in [3.8, 4) is 0 Å². The van der Waals surface area contributed by atoms with E-state index in [9.17, 15) is 9.59 Å². The predicted octanol–water partition coefficient (Wildman–Crippen LogP) is 4.39. The van der Waals surface area contributed by atoms with Crippen LogP contribution >= 0.6 is 0 Å². The Kier molecular flexibility index (Phi) is 5.47. The fourth-order valence-electron chi connectivity index (χ4n) is 4.94. The molecule has 0 saturated carbocycles. The van der Waals surface area contributed by atoms with Gasteiger partial charge in [-0.15, -0.1) is 0 Å². The second kappa shape index (κ2) is 8.58. The third-order valence-corrected chi connectivity index (χ3v) is 6.67. The number of benzene rings is 3. The number of amides is 2. The Bertz CT molecular complexity index is 1340. The van der Waals surface area contributed by atoms with Gasteiger partial charge >= 0.3 is 0 Å². The minimum atomic E-state index is -0.292. The molecule has 166 valence electrons. The van der Waals surface area contributed by atoms with Crippen molar-refractivity contribution in [3.63, 3.8) is 0 Å². The number of carbonyl (C=O) groups is 2. The fraction of sp³-hybridized carbons (Fsp3) is 0.214. The van der Waals surface area contributed by atoms with Crippen LogP contribution in [0.1, 0.15) is 38.8 Å². The second-order valence-electron chi connectivity index (χ2n) is 8.58. The molecule has 33 heavy (non-hydrogen) atoms. The molecule has 2 amide bonds. The monoisotopic (exact) mass is 437 g/mol. The van der Waals surface area contributed by atoms with Crippen molar-refractivity contribution in [2.24, 2.45) is 7.05 Å². The number of aryl methyl sites for hydroxylation is 1. The highest BCUT2D eigenvalue weighted by Gasteiger charge is 2.40. The van der Waals surface area contributed by atoms with Crippen molar-refractivity contribution in [2.45, 2.75) is 19.4 Å². The molecule has 0 unspecified atom stereocenters. The molecule has 0 fully saturated rings. The maximum atomic E-state index is 13.4. The van der Waals surface area contributed by atoms with Crippen molar-refractivity contribution in [1.82, 2.24) is 14.8 Å². The van der Waals surface area contributed by atoms with Crippen LogP contribution in [0, 0.1) is 6.92 Å². The molecule has 0 aliphatic carbocycles. The van der Waals surface area contributed by atoms with Gasteiger partial charge in [0.25, 0.3) is 5.91 Å². The quantitative estimate of drug-likeness (QED) is 0.486. The summed E-state index contributed by atoms with van der Waals surface area (Å²) in [5, 5.41) is 4.11. The van der Waals surface area contributed by atoms with Gasteiger partial charge in [0.1, 0.15) is 6.54 Å². The molecule has 0 bridgehead atoms. The van der Waals surface area contributed by atoms with Crippen molar-refractivity contribution in [3.05, 3.63) is 107 Å². The number of fused-ring (bicyclic) bond motifs is 2. The van der Waals surface area contributed by atoms with E-state index in [0.717, 1.165) is 34.1 Å². The van der Waals surface area contributed by atoms with E-state index in [1.54, 1.807) is 4.90 Å². The summed E-state index contributed by atoms with van der Waals surface area (Å²) in [5.41, 5.74) is 6.11. The minimum absolute atomic E-state index is 0.0234. The van der Waals surface area contributed by atoms with Gasteiger partial charge in [0, 0.05) is 41.3 Å². The highest BCUT2D eigenvalue weighted by atomic mass is 16.2. The normalized spacial score (nSPS) is 15.2. The molecule has 5 heteroatoms. The maximum Gasteiger partial charge on any atom is 0.255 e. The first kappa shape index (κ1) is 21.0. The smallest absolute Gasteiger partial charge is 0.255 e. The van der Waals surface area contributed by atoms with Gasteiger partial charge in [-0.05, 0) is 36.6 Å². The molecule has 1 aliphatic heterocycles. The summed E-state index contributed by atoms with van der Waals surface area (Å²) < 4.78 is 2.16.